The number of hydrogen-bond donors (Lipinski definition) is 2. The van der Waals surface area contributed by atoms with Gasteiger partial charge in [-0.1, -0.05) is 51.9 Å². The number of rotatable bonds is 10. The Morgan fingerprint density at radius 3 is 2.13 bits per heavy atom. The second-order valence-electron chi connectivity index (χ2n) is 7.20. The van der Waals surface area contributed by atoms with Gasteiger partial charge in [0.25, 0.3) is 0 Å². The highest BCUT2D eigenvalue weighted by Crippen LogP contribution is 2.33. The number of unbranched alkanes of at least 4 members (excludes halogenated alkanes) is 3. The first-order chi connectivity index (χ1) is 11.0. The van der Waals surface area contributed by atoms with Crippen molar-refractivity contribution in [3.05, 3.63) is 0 Å². The van der Waals surface area contributed by atoms with Crippen LogP contribution < -0.4 is 5.48 Å². The van der Waals surface area contributed by atoms with E-state index in [1.165, 1.54) is 44.9 Å². The fourth-order valence-corrected chi connectivity index (χ4v) is 3.16. The highest BCUT2D eigenvalue weighted by atomic mass is 16.7. The van der Waals surface area contributed by atoms with Crippen LogP contribution in [0.5, 0.6) is 0 Å². The second kappa shape index (κ2) is 11.4. The number of carbonyl (C=O) groups is 2. The number of hydroxylamine groups is 1. The number of carboxylic acid groups (broad SMARTS) is 1. The van der Waals surface area contributed by atoms with E-state index in [9.17, 15) is 9.59 Å². The van der Waals surface area contributed by atoms with E-state index in [0.717, 1.165) is 19.3 Å². The molecule has 1 amide bonds. The van der Waals surface area contributed by atoms with Crippen molar-refractivity contribution in [1.82, 2.24) is 5.48 Å². The van der Waals surface area contributed by atoms with Crippen LogP contribution in [0.25, 0.3) is 0 Å². The first kappa shape index (κ1) is 19.9. The smallest absolute Gasteiger partial charge is 0.303 e. The van der Waals surface area contributed by atoms with Crippen LogP contribution in [0.1, 0.15) is 90.4 Å². The molecule has 1 fully saturated rings. The summed E-state index contributed by atoms with van der Waals surface area (Å²) < 4.78 is 0. The predicted octanol–water partition coefficient (Wildman–Crippen LogP) is 4.21. The van der Waals surface area contributed by atoms with Gasteiger partial charge in [-0.2, -0.15) is 0 Å². The van der Waals surface area contributed by atoms with Crippen LogP contribution >= 0.6 is 0 Å². The average molecular weight is 327 g/mol. The van der Waals surface area contributed by atoms with Crippen LogP contribution in [0.3, 0.4) is 0 Å². The largest absolute Gasteiger partial charge is 0.481 e. The van der Waals surface area contributed by atoms with Gasteiger partial charge in [0.05, 0.1) is 6.61 Å². The number of carbonyl (C=O) groups excluding carboxylic acids is 1. The van der Waals surface area contributed by atoms with Crippen molar-refractivity contribution >= 4 is 11.9 Å². The summed E-state index contributed by atoms with van der Waals surface area (Å²) >= 11 is 0. The number of nitrogens with one attached hydrogen (secondary N) is 1. The predicted molar refractivity (Wildman–Crippen MR) is 89.9 cm³/mol. The van der Waals surface area contributed by atoms with Crippen LogP contribution in [0, 0.1) is 5.41 Å². The lowest BCUT2D eigenvalue weighted by Crippen LogP contribution is -2.31. The molecule has 0 bridgehead atoms. The van der Waals surface area contributed by atoms with E-state index in [1.54, 1.807) is 0 Å². The zero-order chi connectivity index (χ0) is 17.0. The number of amides is 1. The van der Waals surface area contributed by atoms with E-state index in [2.05, 4.69) is 12.4 Å². The first-order valence-corrected chi connectivity index (χ1v) is 9.14. The molecule has 0 aromatic carbocycles. The van der Waals surface area contributed by atoms with E-state index < -0.39 is 5.97 Å². The highest BCUT2D eigenvalue weighted by molar-refractivity contribution is 5.74. The molecular weight excluding hydrogens is 294 g/mol. The van der Waals surface area contributed by atoms with E-state index >= 15 is 0 Å². The van der Waals surface area contributed by atoms with Gasteiger partial charge in [-0.25, -0.2) is 5.48 Å². The van der Waals surface area contributed by atoms with Crippen molar-refractivity contribution in [3.8, 4) is 0 Å². The summed E-state index contributed by atoms with van der Waals surface area (Å²) in [4.78, 5) is 27.6. The lowest BCUT2D eigenvalue weighted by molar-refractivity contribution is -0.138. The van der Waals surface area contributed by atoms with Crippen LogP contribution in [-0.4, -0.2) is 23.6 Å². The maximum absolute atomic E-state index is 11.7. The molecule has 23 heavy (non-hydrogen) atoms. The molecule has 0 aromatic rings. The number of hydrogen-bond acceptors (Lipinski definition) is 3. The standard InChI is InChI=1S/C18H33NO4/c1-18(13-9-5-2-6-10-14-18)15-23-19-16(20)11-7-3-4-8-12-17(21)22/h2-15H2,1H3,(H,19,20)(H,21,22). The maximum atomic E-state index is 11.7. The monoisotopic (exact) mass is 327 g/mol. The molecule has 0 atom stereocenters. The Balaban J connectivity index is 2.05. The fourth-order valence-electron chi connectivity index (χ4n) is 3.16. The average Bonchev–Trinajstić information content (AvgIpc) is 2.47. The SMILES string of the molecule is CC1(CONC(=O)CCCCCCC(=O)O)CCCCCCC1. The van der Waals surface area contributed by atoms with E-state index in [-0.39, 0.29) is 17.7 Å². The molecule has 0 radical (unpaired) electrons. The van der Waals surface area contributed by atoms with Gasteiger partial charge < -0.3 is 5.11 Å². The third kappa shape index (κ3) is 10.3. The van der Waals surface area contributed by atoms with Crippen LogP contribution in [0.15, 0.2) is 0 Å². The molecule has 134 valence electrons. The molecule has 1 rings (SSSR count). The molecular formula is C18H33NO4. The molecule has 1 saturated carbocycles. The van der Waals surface area contributed by atoms with Gasteiger partial charge >= 0.3 is 5.97 Å². The van der Waals surface area contributed by atoms with Crippen molar-refractivity contribution in [1.29, 1.82) is 0 Å². The summed E-state index contributed by atoms with van der Waals surface area (Å²) in [5.74, 6) is -0.823. The summed E-state index contributed by atoms with van der Waals surface area (Å²) in [6.45, 7) is 2.85. The topological polar surface area (TPSA) is 75.6 Å². The summed E-state index contributed by atoms with van der Waals surface area (Å²) in [7, 11) is 0. The fraction of sp³-hybridized carbons (Fsp3) is 0.889. The minimum absolute atomic E-state index is 0.0716. The van der Waals surface area contributed by atoms with Gasteiger partial charge in [0, 0.05) is 12.8 Å². The van der Waals surface area contributed by atoms with E-state index in [4.69, 9.17) is 9.94 Å². The summed E-state index contributed by atoms with van der Waals surface area (Å²) in [6.07, 6.45) is 12.7. The highest BCUT2D eigenvalue weighted by Gasteiger charge is 2.25. The molecule has 0 saturated heterocycles. The quantitative estimate of drug-likeness (QED) is 0.465. The normalized spacial score (nSPS) is 18.0. The lowest BCUT2D eigenvalue weighted by atomic mass is 9.79. The molecule has 2 N–H and O–H groups in total. The van der Waals surface area contributed by atoms with Crippen molar-refractivity contribution in [3.63, 3.8) is 0 Å². The van der Waals surface area contributed by atoms with Gasteiger partial charge in [-0.15, -0.1) is 0 Å². The van der Waals surface area contributed by atoms with Gasteiger partial charge in [0.1, 0.15) is 0 Å². The molecule has 0 heterocycles. The van der Waals surface area contributed by atoms with Gasteiger partial charge in [-0.05, 0) is 31.1 Å². The molecule has 0 unspecified atom stereocenters. The Hall–Kier alpha value is -1.10. The molecule has 1 aliphatic carbocycles. The van der Waals surface area contributed by atoms with E-state index in [1.807, 2.05) is 0 Å². The molecule has 0 aromatic heterocycles. The zero-order valence-electron chi connectivity index (χ0n) is 14.6. The maximum Gasteiger partial charge on any atom is 0.303 e. The van der Waals surface area contributed by atoms with Crippen LogP contribution in [0.4, 0.5) is 0 Å². The summed E-state index contributed by atoms with van der Waals surface area (Å²) in [5.41, 5.74) is 2.75. The summed E-state index contributed by atoms with van der Waals surface area (Å²) in [5, 5.41) is 8.54. The van der Waals surface area contributed by atoms with Gasteiger partial charge in [0.2, 0.25) is 5.91 Å². The minimum Gasteiger partial charge on any atom is -0.481 e. The van der Waals surface area contributed by atoms with Crippen molar-refractivity contribution in [2.24, 2.45) is 5.41 Å². The van der Waals surface area contributed by atoms with Crippen LogP contribution in [-0.2, 0) is 14.4 Å². The lowest BCUT2D eigenvalue weighted by Gasteiger charge is -2.30. The Bertz CT molecular complexity index is 349. The minimum atomic E-state index is -0.751. The molecule has 5 nitrogen and oxygen atoms in total. The Morgan fingerprint density at radius 2 is 1.52 bits per heavy atom. The van der Waals surface area contributed by atoms with Crippen molar-refractivity contribution < 1.29 is 19.5 Å². The van der Waals surface area contributed by atoms with Crippen molar-refractivity contribution in [2.75, 3.05) is 6.61 Å². The van der Waals surface area contributed by atoms with Crippen LogP contribution in [0.2, 0.25) is 0 Å². The van der Waals surface area contributed by atoms with Gasteiger partial charge in [-0.3, -0.25) is 14.4 Å². The third-order valence-electron chi connectivity index (χ3n) is 4.71. The number of carboxylic acids is 1. The molecule has 0 spiro atoms. The molecule has 5 heteroatoms. The van der Waals surface area contributed by atoms with Crippen molar-refractivity contribution in [2.45, 2.75) is 90.4 Å². The second-order valence-corrected chi connectivity index (χ2v) is 7.20. The summed E-state index contributed by atoms with van der Waals surface area (Å²) in [6, 6.07) is 0. The first-order valence-electron chi connectivity index (χ1n) is 9.14. The zero-order valence-corrected chi connectivity index (χ0v) is 14.6. The Kier molecular flexibility index (Phi) is 9.92. The Morgan fingerprint density at radius 1 is 0.957 bits per heavy atom. The Labute approximate surface area is 140 Å². The molecule has 1 aliphatic rings. The molecule has 0 aliphatic heterocycles. The third-order valence-corrected chi connectivity index (χ3v) is 4.71. The van der Waals surface area contributed by atoms with E-state index in [0.29, 0.717) is 19.4 Å². The number of aliphatic carboxylic acids is 1. The van der Waals surface area contributed by atoms with Gasteiger partial charge in [0.15, 0.2) is 0 Å².